The maximum atomic E-state index is 13.8. The second-order valence-electron chi connectivity index (χ2n) is 6.56. The average molecular weight is 329 g/mol. The number of nitrogens with one attached hydrogen (secondary N) is 1. The lowest BCUT2D eigenvalue weighted by Gasteiger charge is -2.33. The summed E-state index contributed by atoms with van der Waals surface area (Å²) in [4.78, 5) is 14.7. The summed E-state index contributed by atoms with van der Waals surface area (Å²) < 4.78 is 15.8. The second kappa shape index (κ2) is 7.18. The number of benzene rings is 1. The number of hydrogen-bond donors (Lipinski definition) is 1. The molecule has 5 heteroatoms. The van der Waals surface area contributed by atoms with Crippen LogP contribution in [0.15, 0.2) is 36.5 Å². The lowest BCUT2D eigenvalue weighted by Crippen LogP contribution is -2.47. The molecule has 2 heterocycles. The Morgan fingerprint density at radius 1 is 1.33 bits per heavy atom. The van der Waals surface area contributed by atoms with Gasteiger partial charge >= 0.3 is 0 Å². The van der Waals surface area contributed by atoms with Crippen molar-refractivity contribution in [3.8, 4) is 0 Å². The summed E-state index contributed by atoms with van der Waals surface area (Å²) >= 11 is 0. The van der Waals surface area contributed by atoms with Gasteiger partial charge in [-0.15, -0.1) is 0 Å². The van der Waals surface area contributed by atoms with Crippen LogP contribution in [0.3, 0.4) is 0 Å². The molecule has 0 radical (unpaired) electrons. The molecule has 4 nitrogen and oxygen atoms in total. The van der Waals surface area contributed by atoms with Crippen molar-refractivity contribution in [2.75, 3.05) is 13.1 Å². The molecule has 1 aromatic heterocycles. The van der Waals surface area contributed by atoms with E-state index in [4.69, 9.17) is 0 Å². The summed E-state index contributed by atoms with van der Waals surface area (Å²) in [7, 11) is 1.93. The first-order valence-corrected chi connectivity index (χ1v) is 8.43. The molecule has 1 saturated heterocycles. The first-order valence-electron chi connectivity index (χ1n) is 8.43. The number of rotatable bonds is 4. The number of piperidine rings is 1. The summed E-state index contributed by atoms with van der Waals surface area (Å²) in [5.74, 6) is -0.186. The molecule has 128 valence electrons. The fourth-order valence-corrected chi connectivity index (χ4v) is 3.30. The van der Waals surface area contributed by atoms with Crippen molar-refractivity contribution in [3.63, 3.8) is 0 Å². The number of carbonyl (C=O) groups excluding carboxylic acids is 1. The highest BCUT2D eigenvalue weighted by molar-refractivity contribution is 5.95. The van der Waals surface area contributed by atoms with E-state index in [1.807, 2.05) is 42.9 Å². The number of likely N-dealkylation sites (tertiary alicyclic amines) is 1. The Balaban J connectivity index is 1.60. The van der Waals surface area contributed by atoms with Crippen LogP contribution in [0.25, 0.3) is 0 Å². The summed E-state index contributed by atoms with van der Waals surface area (Å²) in [6, 6.07) is 8.85. The van der Waals surface area contributed by atoms with Crippen LogP contribution in [-0.2, 0) is 13.6 Å². The third-order valence-electron chi connectivity index (χ3n) is 4.82. The van der Waals surface area contributed by atoms with Crippen LogP contribution >= 0.6 is 0 Å². The molecule has 3 rings (SSSR count). The predicted octanol–water partition coefficient (Wildman–Crippen LogP) is 2.87. The molecule has 1 atom stereocenters. The van der Waals surface area contributed by atoms with Crippen LogP contribution in [0, 0.1) is 12.7 Å². The zero-order chi connectivity index (χ0) is 17.1. The highest BCUT2D eigenvalue weighted by Gasteiger charge is 2.23. The van der Waals surface area contributed by atoms with E-state index in [-0.39, 0.29) is 17.8 Å². The minimum atomic E-state index is -0.163. The highest BCUT2D eigenvalue weighted by atomic mass is 19.1. The molecule has 0 bridgehead atoms. The molecule has 1 fully saturated rings. The van der Waals surface area contributed by atoms with E-state index in [2.05, 4.69) is 10.2 Å². The van der Waals surface area contributed by atoms with E-state index in [0.717, 1.165) is 37.2 Å². The number of hydrogen-bond acceptors (Lipinski definition) is 2. The molecular weight excluding hydrogens is 305 g/mol. The minimum absolute atomic E-state index is 0.0224. The lowest BCUT2D eigenvalue weighted by atomic mass is 10.0. The van der Waals surface area contributed by atoms with Gasteiger partial charge in [0, 0.05) is 43.6 Å². The number of halogens is 1. The Bertz CT molecular complexity index is 725. The van der Waals surface area contributed by atoms with Crippen molar-refractivity contribution in [1.29, 1.82) is 0 Å². The molecule has 1 N–H and O–H groups in total. The fourth-order valence-electron chi connectivity index (χ4n) is 3.30. The predicted molar refractivity (Wildman–Crippen MR) is 92.3 cm³/mol. The van der Waals surface area contributed by atoms with Crippen molar-refractivity contribution in [1.82, 2.24) is 14.8 Å². The molecule has 0 aliphatic carbocycles. The zero-order valence-electron chi connectivity index (χ0n) is 14.3. The maximum absolute atomic E-state index is 13.8. The Morgan fingerprint density at radius 2 is 2.12 bits per heavy atom. The van der Waals surface area contributed by atoms with Gasteiger partial charge in [0.1, 0.15) is 5.82 Å². The van der Waals surface area contributed by atoms with Crippen molar-refractivity contribution in [2.45, 2.75) is 32.4 Å². The van der Waals surface area contributed by atoms with E-state index in [1.54, 1.807) is 6.07 Å². The van der Waals surface area contributed by atoms with Gasteiger partial charge in [0.2, 0.25) is 0 Å². The normalized spacial score (nSPS) is 18.5. The van der Waals surface area contributed by atoms with Gasteiger partial charge in [-0.1, -0.05) is 18.2 Å². The molecule has 1 aliphatic heterocycles. The SMILES string of the molecule is Cc1c(C(=O)N[C@H]2CCCN(Cc3ccccc3F)C2)ccn1C. The Labute approximate surface area is 142 Å². The van der Waals surface area contributed by atoms with Crippen LogP contribution in [0.1, 0.15) is 34.5 Å². The quantitative estimate of drug-likeness (QED) is 0.936. The van der Waals surface area contributed by atoms with Crippen LogP contribution in [0.4, 0.5) is 4.39 Å². The number of nitrogens with zero attached hydrogens (tertiary/aromatic N) is 2. The molecule has 0 unspecified atom stereocenters. The monoisotopic (exact) mass is 329 g/mol. The number of aromatic nitrogens is 1. The van der Waals surface area contributed by atoms with Gasteiger partial charge in [0.05, 0.1) is 5.56 Å². The van der Waals surface area contributed by atoms with Gasteiger partial charge in [-0.3, -0.25) is 9.69 Å². The number of aryl methyl sites for hydroxylation is 1. The van der Waals surface area contributed by atoms with Crippen LogP contribution in [-0.4, -0.2) is 34.5 Å². The van der Waals surface area contributed by atoms with Crippen LogP contribution in [0.5, 0.6) is 0 Å². The third-order valence-corrected chi connectivity index (χ3v) is 4.82. The Morgan fingerprint density at radius 3 is 2.83 bits per heavy atom. The Hall–Kier alpha value is -2.14. The van der Waals surface area contributed by atoms with Gasteiger partial charge in [0.15, 0.2) is 0 Å². The summed E-state index contributed by atoms with van der Waals surface area (Å²) in [6.45, 7) is 4.22. The molecule has 0 spiro atoms. The van der Waals surface area contributed by atoms with Gasteiger partial charge in [0.25, 0.3) is 5.91 Å². The smallest absolute Gasteiger partial charge is 0.253 e. The third kappa shape index (κ3) is 3.67. The Kier molecular flexibility index (Phi) is 5.00. The van der Waals surface area contributed by atoms with E-state index < -0.39 is 0 Å². The first-order chi connectivity index (χ1) is 11.5. The van der Waals surface area contributed by atoms with Crippen molar-refractivity contribution in [3.05, 3.63) is 59.2 Å². The molecule has 1 amide bonds. The largest absolute Gasteiger partial charge is 0.354 e. The van der Waals surface area contributed by atoms with Crippen LogP contribution in [0.2, 0.25) is 0 Å². The van der Waals surface area contributed by atoms with E-state index >= 15 is 0 Å². The average Bonchev–Trinajstić information content (AvgIpc) is 2.90. The number of carbonyl (C=O) groups is 1. The molecular formula is C19H24FN3O. The molecule has 1 aromatic carbocycles. The maximum Gasteiger partial charge on any atom is 0.253 e. The summed E-state index contributed by atoms with van der Waals surface area (Å²) in [5, 5.41) is 3.13. The topological polar surface area (TPSA) is 37.3 Å². The van der Waals surface area contributed by atoms with Gasteiger partial charge < -0.3 is 9.88 Å². The minimum Gasteiger partial charge on any atom is -0.354 e. The molecule has 2 aromatic rings. The number of amides is 1. The van der Waals surface area contributed by atoms with Gasteiger partial charge in [-0.25, -0.2) is 4.39 Å². The van der Waals surface area contributed by atoms with E-state index in [0.29, 0.717) is 12.1 Å². The van der Waals surface area contributed by atoms with Gasteiger partial charge in [-0.2, -0.15) is 0 Å². The summed E-state index contributed by atoms with van der Waals surface area (Å²) in [6.07, 6.45) is 3.87. The summed E-state index contributed by atoms with van der Waals surface area (Å²) in [5.41, 5.74) is 2.40. The van der Waals surface area contributed by atoms with Crippen LogP contribution < -0.4 is 5.32 Å². The fraction of sp³-hybridized carbons (Fsp3) is 0.421. The first kappa shape index (κ1) is 16.7. The van der Waals surface area contributed by atoms with E-state index in [1.165, 1.54) is 6.07 Å². The molecule has 1 aliphatic rings. The molecule has 0 saturated carbocycles. The van der Waals surface area contributed by atoms with Gasteiger partial charge in [-0.05, 0) is 38.4 Å². The molecule has 24 heavy (non-hydrogen) atoms. The highest BCUT2D eigenvalue weighted by Crippen LogP contribution is 2.17. The van der Waals surface area contributed by atoms with Crippen molar-refractivity contribution < 1.29 is 9.18 Å². The standard InChI is InChI=1S/C19H24FN3O/c1-14-17(9-11-22(14)2)19(24)21-16-7-5-10-23(13-16)12-15-6-3-4-8-18(15)20/h3-4,6,8-9,11,16H,5,7,10,12-13H2,1-2H3,(H,21,24)/t16-/m0/s1. The lowest BCUT2D eigenvalue weighted by molar-refractivity contribution is 0.0899. The zero-order valence-corrected chi connectivity index (χ0v) is 14.3. The van der Waals surface area contributed by atoms with E-state index in [9.17, 15) is 9.18 Å². The van der Waals surface area contributed by atoms with Crippen molar-refractivity contribution >= 4 is 5.91 Å². The van der Waals surface area contributed by atoms with Crippen molar-refractivity contribution in [2.24, 2.45) is 7.05 Å². The second-order valence-corrected chi connectivity index (χ2v) is 6.56.